The zero-order valence-corrected chi connectivity index (χ0v) is 8.35. The molecule has 1 saturated heterocycles. The van der Waals surface area contributed by atoms with Crippen LogP contribution in [-0.2, 0) is 0 Å². The Kier molecular flexibility index (Phi) is 4.06. The average molecular weight is 189 g/mol. The predicted octanol–water partition coefficient (Wildman–Crippen LogP) is 1.55. The molecule has 0 aromatic heterocycles. The fraction of sp³-hybridized carbons (Fsp3) is 0.778. The topological polar surface area (TPSA) is 29.3 Å². The van der Waals surface area contributed by atoms with Gasteiger partial charge in [-0.3, -0.25) is 4.90 Å². The van der Waals surface area contributed by atoms with Crippen LogP contribution in [0, 0.1) is 0 Å². The highest BCUT2D eigenvalue weighted by Crippen LogP contribution is 2.10. The van der Waals surface area contributed by atoms with Crippen molar-refractivity contribution < 1.29 is 0 Å². The molecule has 0 spiro atoms. The van der Waals surface area contributed by atoms with E-state index in [4.69, 9.17) is 17.3 Å². The van der Waals surface area contributed by atoms with Crippen LogP contribution in [0.5, 0.6) is 0 Å². The quantitative estimate of drug-likeness (QED) is 0.713. The summed E-state index contributed by atoms with van der Waals surface area (Å²) in [5.74, 6) is 0. The zero-order chi connectivity index (χ0) is 8.97. The van der Waals surface area contributed by atoms with Crippen LogP contribution in [0.15, 0.2) is 11.1 Å². The number of halogens is 1. The SMILES string of the molecule is CC(=CCl)CN1CCC[C@@H](N)C1. The fourth-order valence-electron chi connectivity index (χ4n) is 1.62. The van der Waals surface area contributed by atoms with Gasteiger partial charge < -0.3 is 5.73 Å². The van der Waals surface area contributed by atoms with Crippen molar-refractivity contribution in [3.63, 3.8) is 0 Å². The maximum absolute atomic E-state index is 5.85. The second-order valence-electron chi connectivity index (χ2n) is 3.59. The molecular weight excluding hydrogens is 172 g/mol. The van der Waals surface area contributed by atoms with Gasteiger partial charge in [0.25, 0.3) is 0 Å². The van der Waals surface area contributed by atoms with E-state index in [-0.39, 0.29) is 0 Å². The summed E-state index contributed by atoms with van der Waals surface area (Å²) in [7, 11) is 0. The van der Waals surface area contributed by atoms with Gasteiger partial charge in [-0.25, -0.2) is 0 Å². The highest BCUT2D eigenvalue weighted by molar-refractivity contribution is 6.25. The van der Waals surface area contributed by atoms with E-state index in [1.54, 1.807) is 5.54 Å². The Labute approximate surface area is 79.4 Å². The van der Waals surface area contributed by atoms with Gasteiger partial charge in [0.2, 0.25) is 0 Å². The molecule has 0 amide bonds. The van der Waals surface area contributed by atoms with Gasteiger partial charge in [0.15, 0.2) is 0 Å². The molecule has 0 saturated carbocycles. The summed E-state index contributed by atoms with van der Waals surface area (Å²) in [6.45, 7) is 5.20. The van der Waals surface area contributed by atoms with Crippen molar-refractivity contribution in [2.24, 2.45) is 5.73 Å². The van der Waals surface area contributed by atoms with Crippen LogP contribution in [0.25, 0.3) is 0 Å². The minimum Gasteiger partial charge on any atom is -0.327 e. The molecule has 70 valence electrons. The van der Waals surface area contributed by atoms with E-state index in [9.17, 15) is 0 Å². The number of nitrogens with two attached hydrogens (primary N) is 1. The van der Waals surface area contributed by atoms with Gasteiger partial charge in [-0.05, 0) is 31.9 Å². The van der Waals surface area contributed by atoms with Crippen LogP contribution < -0.4 is 5.73 Å². The second kappa shape index (κ2) is 4.85. The summed E-state index contributed by atoms with van der Waals surface area (Å²) in [6, 6.07) is 0.363. The van der Waals surface area contributed by atoms with Crippen molar-refractivity contribution in [2.45, 2.75) is 25.8 Å². The Morgan fingerprint density at radius 2 is 2.50 bits per heavy atom. The number of piperidine rings is 1. The van der Waals surface area contributed by atoms with Gasteiger partial charge in [-0.1, -0.05) is 11.6 Å². The van der Waals surface area contributed by atoms with Crippen molar-refractivity contribution >= 4 is 11.6 Å². The highest BCUT2D eigenvalue weighted by atomic mass is 35.5. The molecule has 0 radical (unpaired) electrons. The molecule has 2 nitrogen and oxygen atoms in total. The van der Waals surface area contributed by atoms with Crippen LogP contribution in [-0.4, -0.2) is 30.6 Å². The Bertz CT molecular complexity index is 168. The van der Waals surface area contributed by atoms with E-state index >= 15 is 0 Å². The molecule has 3 heteroatoms. The molecule has 0 aromatic rings. The van der Waals surface area contributed by atoms with Crippen molar-refractivity contribution in [3.05, 3.63) is 11.1 Å². The Balaban J connectivity index is 2.32. The minimum absolute atomic E-state index is 0.363. The molecule has 1 heterocycles. The van der Waals surface area contributed by atoms with Crippen molar-refractivity contribution in [3.8, 4) is 0 Å². The van der Waals surface area contributed by atoms with E-state index in [2.05, 4.69) is 4.90 Å². The first kappa shape index (κ1) is 10.0. The lowest BCUT2D eigenvalue weighted by molar-refractivity contribution is 0.225. The predicted molar refractivity (Wildman–Crippen MR) is 53.3 cm³/mol. The van der Waals surface area contributed by atoms with Gasteiger partial charge in [-0.15, -0.1) is 0 Å². The molecule has 1 aliphatic heterocycles. The number of likely N-dealkylation sites (tertiary alicyclic amines) is 1. The lowest BCUT2D eigenvalue weighted by Crippen LogP contribution is -2.43. The van der Waals surface area contributed by atoms with Gasteiger partial charge in [0.05, 0.1) is 0 Å². The minimum atomic E-state index is 0.363. The van der Waals surface area contributed by atoms with Gasteiger partial charge in [0.1, 0.15) is 0 Å². The summed E-state index contributed by atoms with van der Waals surface area (Å²) in [4.78, 5) is 2.36. The Morgan fingerprint density at radius 3 is 3.08 bits per heavy atom. The lowest BCUT2D eigenvalue weighted by Gasteiger charge is -2.30. The molecule has 0 bridgehead atoms. The summed E-state index contributed by atoms with van der Waals surface area (Å²) in [5, 5.41) is 0. The van der Waals surface area contributed by atoms with Crippen LogP contribution in [0.2, 0.25) is 0 Å². The molecule has 1 aliphatic rings. The van der Waals surface area contributed by atoms with Crippen LogP contribution in [0.3, 0.4) is 0 Å². The number of hydrogen-bond donors (Lipinski definition) is 1. The third-order valence-electron chi connectivity index (χ3n) is 2.20. The first-order chi connectivity index (χ1) is 5.72. The summed E-state index contributed by atoms with van der Waals surface area (Å²) < 4.78 is 0. The Morgan fingerprint density at radius 1 is 1.75 bits per heavy atom. The monoisotopic (exact) mass is 188 g/mol. The van der Waals surface area contributed by atoms with E-state index in [1.165, 1.54) is 18.4 Å². The average Bonchev–Trinajstić information content (AvgIpc) is 2.04. The maximum atomic E-state index is 5.85. The molecular formula is C9H17ClN2. The van der Waals surface area contributed by atoms with E-state index in [0.29, 0.717) is 6.04 Å². The molecule has 0 aliphatic carbocycles. The number of nitrogens with zero attached hydrogens (tertiary/aromatic N) is 1. The van der Waals surface area contributed by atoms with E-state index in [1.807, 2.05) is 6.92 Å². The van der Waals surface area contributed by atoms with Crippen LogP contribution in [0.4, 0.5) is 0 Å². The Hall–Kier alpha value is -0.0500. The summed E-state index contributed by atoms with van der Waals surface area (Å²) >= 11 is 5.59. The zero-order valence-electron chi connectivity index (χ0n) is 7.59. The molecule has 2 N–H and O–H groups in total. The van der Waals surface area contributed by atoms with Crippen molar-refractivity contribution in [2.75, 3.05) is 19.6 Å². The highest BCUT2D eigenvalue weighted by Gasteiger charge is 2.15. The molecule has 1 atom stereocenters. The van der Waals surface area contributed by atoms with E-state index in [0.717, 1.165) is 19.6 Å². The molecule has 12 heavy (non-hydrogen) atoms. The van der Waals surface area contributed by atoms with Gasteiger partial charge in [0, 0.05) is 24.7 Å². The lowest BCUT2D eigenvalue weighted by atomic mass is 10.1. The first-order valence-electron chi connectivity index (χ1n) is 4.46. The smallest absolute Gasteiger partial charge is 0.0202 e. The summed E-state index contributed by atoms with van der Waals surface area (Å²) in [6.07, 6.45) is 2.39. The largest absolute Gasteiger partial charge is 0.327 e. The second-order valence-corrected chi connectivity index (χ2v) is 3.81. The number of hydrogen-bond acceptors (Lipinski definition) is 2. The van der Waals surface area contributed by atoms with Crippen molar-refractivity contribution in [1.82, 2.24) is 4.90 Å². The van der Waals surface area contributed by atoms with Gasteiger partial charge in [-0.2, -0.15) is 0 Å². The fourth-order valence-corrected chi connectivity index (χ4v) is 1.69. The van der Waals surface area contributed by atoms with Crippen molar-refractivity contribution in [1.29, 1.82) is 0 Å². The molecule has 1 fully saturated rings. The first-order valence-corrected chi connectivity index (χ1v) is 4.90. The molecule has 0 unspecified atom stereocenters. The normalized spacial score (nSPS) is 27.6. The maximum Gasteiger partial charge on any atom is 0.0202 e. The molecule has 1 rings (SSSR count). The third kappa shape index (κ3) is 3.13. The standard InChI is InChI=1S/C9H17ClN2/c1-8(5-10)6-12-4-2-3-9(11)7-12/h5,9H,2-4,6-7,11H2,1H3/t9-/m1/s1. The summed E-state index contributed by atoms with van der Waals surface area (Å²) in [5.41, 5.74) is 8.71. The van der Waals surface area contributed by atoms with E-state index < -0.39 is 0 Å². The number of rotatable bonds is 2. The van der Waals surface area contributed by atoms with Crippen LogP contribution in [0.1, 0.15) is 19.8 Å². The van der Waals surface area contributed by atoms with Gasteiger partial charge >= 0.3 is 0 Å². The third-order valence-corrected chi connectivity index (χ3v) is 2.57. The molecule has 0 aromatic carbocycles. The van der Waals surface area contributed by atoms with Crippen LogP contribution >= 0.6 is 11.6 Å².